The van der Waals surface area contributed by atoms with Crippen LogP contribution in [0.3, 0.4) is 0 Å². The van der Waals surface area contributed by atoms with Gasteiger partial charge in [-0.25, -0.2) is 4.79 Å². The fourth-order valence-corrected chi connectivity index (χ4v) is 5.60. The zero-order valence-electron chi connectivity index (χ0n) is 28.6. The number of fused-ring (bicyclic) bond motifs is 1. The van der Waals surface area contributed by atoms with Gasteiger partial charge < -0.3 is 10.5 Å². The molecule has 0 aliphatic heterocycles. The van der Waals surface area contributed by atoms with Gasteiger partial charge in [0.2, 0.25) is 0 Å². The van der Waals surface area contributed by atoms with E-state index in [1.54, 1.807) is 0 Å². The number of carboxylic acid groups (broad SMARTS) is 1. The van der Waals surface area contributed by atoms with Crippen molar-refractivity contribution in [1.82, 2.24) is 9.97 Å². The molecule has 5 aromatic carbocycles. The van der Waals surface area contributed by atoms with Crippen LogP contribution in [-0.4, -0.2) is 26.8 Å². The van der Waals surface area contributed by atoms with E-state index in [2.05, 4.69) is 71.7 Å². The average molecular weight is 853 g/mol. The summed E-state index contributed by atoms with van der Waals surface area (Å²) in [5, 5.41) is 20.8. The Hall–Kier alpha value is -6.07. The van der Waals surface area contributed by atoms with Gasteiger partial charge in [-0.05, 0) is 46.5 Å². The van der Waals surface area contributed by atoms with Crippen molar-refractivity contribution in [2.45, 2.75) is 13.8 Å². The maximum Gasteiger partial charge on any atom is 3.00 e. The van der Waals surface area contributed by atoms with Crippen LogP contribution in [0.1, 0.15) is 23.6 Å². The summed E-state index contributed by atoms with van der Waals surface area (Å²) in [5.41, 5.74) is 9.78. The quantitative estimate of drug-likeness (QED) is 0.0937. The predicted molar refractivity (Wildman–Crippen MR) is 209 cm³/mol. The van der Waals surface area contributed by atoms with Gasteiger partial charge in [0.1, 0.15) is 0 Å². The van der Waals surface area contributed by atoms with E-state index >= 15 is 0 Å². The van der Waals surface area contributed by atoms with Gasteiger partial charge in [-0.15, -0.1) is 59.7 Å². The molecule has 0 amide bonds. The van der Waals surface area contributed by atoms with Crippen LogP contribution >= 0.6 is 0 Å². The molecule has 1 N–H and O–H groups in total. The second-order valence-corrected chi connectivity index (χ2v) is 11.9. The van der Waals surface area contributed by atoms with E-state index in [0.29, 0.717) is 5.57 Å². The molecular weight excluding hydrogens is 819 g/mol. The minimum absolute atomic E-state index is 0. The van der Waals surface area contributed by atoms with Crippen molar-refractivity contribution in [3.8, 4) is 33.6 Å². The Bertz CT molecular complexity index is 2290. The molecule has 254 valence electrons. The van der Waals surface area contributed by atoms with E-state index in [1.165, 1.54) is 11.5 Å². The van der Waals surface area contributed by atoms with E-state index in [4.69, 9.17) is 10.1 Å². The van der Waals surface area contributed by atoms with E-state index in [0.717, 1.165) is 61.3 Å². The van der Waals surface area contributed by atoms with Gasteiger partial charge >= 0.3 is 26.1 Å². The number of aromatic nitrogens is 2. The van der Waals surface area contributed by atoms with Crippen molar-refractivity contribution in [2.24, 2.45) is 0 Å². The van der Waals surface area contributed by atoms with Crippen LogP contribution < -0.4 is 0 Å². The molecule has 7 aromatic rings. The van der Waals surface area contributed by atoms with Gasteiger partial charge in [-0.3, -0.25) is 9.97 Å². The van der Waals surface area contributed by atoms with Crippen LogP contribution in [0.4, 0.5) is 0 Å². The van der Waals surface area contributed by atoms with Crippen molar-refractivity contribution >= 4 is 33.6 Å². The molecule has 2 heterocycles. The van der Waals surface area contributed by atoms with Crippen molar-refractivity contribution in [1.29, 1.82) is 0 Å². The standard InChI is InChI=1S/C26H17N2.C20H17NO2.Ir/c1-2-8-19(9-3-1)21-16-22(25-12-6-7-14-27-25)18-23(17-21)26-24-11-5-4-10-20(24)13-15-28-26;1-14-8-10-17(11-9-14)18(13-19(21)20(22)23)12-15(2)16-6-4-3-5-7-16;/h1-17H;3-6,8-13H,1-2H3,(H,22,23);/q-1;-2;+3/b;15-12+,18-13+;. The maximum atomic E-state index is 10.9. The summed E-state index contributed by atoms with van der Waals surface area (Å²) < 4.78 is 0. The number of pyridine rings is 2. The van der Waals surface area contributed by atoms with E-state index in [9.17, 15) is 10.2 Å². The monoisotopic (exact) mass is 853 g/mol. The molecule has 0 spiro atoms. The number of nitrogens with zero attached hydrogens (tertiary/aromatic N) is 3. The molecule has 0 saturated carbocycles. The summed E-state index contributed by atoms with van der Waals surface area (Å²) in [4.78, 5) is 20.1. The number of hydrogen-bond donors (Lipinski definition) is 1. The fraction of sp³-hybridized carbons (Fsp3) is 0.0435. The van der Waals surface area contributed by atoms with Crippen LogP contribution in [0.25, 0.3) is 61.0 Å². The molecule has 0 unspecified atom stereocenters. The smallest absolute Gasteiger partial charge is 0.798 e. The first-order valence-electron chi connectivity index (χ1n) is 16.5. The third-order valence-corrected chi connectivity index (χ3v) is 8.25. The number of carboxylic acids is 1. The SMILES string of the molecule is C/C(=C\C(=C/C(=[N-])C(=O)O)c1ccc(C)cc1)c1[c-]cccc1.[Ir+3].[c-]1c(-c2ccccn2)cc(-c2ccccc2)cc1-c1nccc2ccccc12. The average Bonchev–Trinajstić information content (AvgIpc) is 3.18. The van der Waals surface area contributed by atoms with Gasteiger partial charge in [0.25, 0.3) is 0 Å². The minimum atomic E-state index is -1.35. The van der Waals surface area contributed by atoms with E-state index in [1.807, 2.05) is 117 Å². The number of carbonyl (C=O) groups is 1. The second kappa shape index (κ2) is 17.7. The van der Waals surface area contributed by atoms with E-state index in [-0.39, 0.29) is 20.1 Å². The van der Waals surface area contributed by atoms with Gasteiger partial charge in [-0.2, -0.15) is 0 Å². The topological polar surface area (TPSA) is 85.4 Å². The molecule has 2 aromatic heterocycles. The largest absolute Gasteiger partial charge is 3.00 e. The number of aliphatic carboxylic acids is 1. The third-order valence-electron chi connectivity index (χ3n) is 8.25. The van der Waals surface area contributed by atoms with E-state index < -0.39 is 11.7 Å². The molecule has 0 radical (unpaired) electrons. The third kappa shape index (κ3) is 9.37. The maximum absolute atomic E-state index is 10.9. The molecule has 7 rings (SSSR count). The number of benzene rings is 5. The normalized spacial score (nSPS) is 11.2. The number of hydrogen-bond acceptors (Lipinski definition) is 3. The summed E-state index contributed by atoms with van der Waals surface area (Å²) >= 11 is 0. The Balaban J connectivity index is 0.000000202. The van der Waals surface area contributed by atoms with Crippen LogP contribution in [0.15, 0.2) is 164 Å². The number of rotatable bonds is 8. The Morgan fingerprint density at radius 1 is 0.731 bits per heavy atom. The molecule has 5 nitrogen and oxygen atoms in total. The van der Waals surface area contributed by atoms with Crippen LogP contribution in [0.2, 0.25) is 0 Å². The van der Waals surface area contributed by atoms with Crippen LogP contribution in [-0.2, 0) is 24.9 Å². The van der Waals surface area contributed by atoms with Gasteiger partial charge in [0, 0.05) is 23.8 Å². The molecule has 0 atom stereocenters. The Morgan fingerprint density at radius 3 is 2.15 bits per heavy atom. The summed E-state index contributed by atoms with van der Waals surface area (Å²) in [6, 6.07) is 52.9. The number of aryl methyl sites for hydroxylation is 1. The fourth-order valence-electron chi connectivity index (χ4n) is 5.60. The Labute approximate surface area is 318 Å². The molecule has 0 saturated heterocycles. The minimum Gasteiger partial charge on any atom is -0.798 e. The summed E-state index contributed by atoms with van der Waals surface area (Å²) in [7, 11) is 0. The van der Waals surface area contributed by atoms with Gasteiger partial charge in [0.15, 0.2) is 0 Å². The summed E-state index contributed by atoms with van der Waals surface area (Å²) in [6.45, 7) is 3.90. The Morgan fingerprint density at radius 2 is 1.44 bits per heavy atom. The van der Waals surface area contributed by atoms with Crippen LogP contribution in [0, 0.1) is 19.1 Å². The van der Waals surface area contributed by atoms with Crippen LogP contribution in [0.5, 0.6) is 0 Å². The summed E-state index contributed by atoms with van der Waals surface area (Å²) in [5.74, 6) is -1.35. The van der Waals surface area contributed by atoms with Crippen molar-refractivity contribution in [3.63, 3.8) is 0 Å². The molecule has 52 heavy (non-hydrogen) atoms. The molecule has 0 aliphatic carbocycles. The van der Waals surface area contributed by atoms with Crippen molar-refractivity contribution < 1.29 is 30.0 Å². The molecule has 6 heteroatoms. The first-order chi connectivity index (χ1) is 24.9. The second-order valence-electron chi connectivity index (χ2n) is 11.9. The number of allylic oxidation sites excluding steroid dienone is 3. The van der Waals surface area contributed by atoms with Gasteiger partial charge in [0.05, 0.1) is 0 Å². The zero-order valence-corrected chi connectivity index (χ0v) is 31.0. The molecular formula is C46H34IrN3O2. The molecule has 0 fully saturated rings. The first kappa shape index (κ1) is 37.2. The zero-order chi connectivity index (χ0) is 35.6. The molecule has 0 bridgehead atoms. The van der Waals surface area contributed by atoms with Crippen molar-refractivity contribution in [2.75, 3.05) is 0 Å². The van der Waals surface area contributed by atoms with Gasteiger partial charge in [-0.1, -0.05) is 138 Å². The Kier molecular flexibility index (Phi) is 12.7. The molecule has 0 aliphatic rings. The predicted octanol–water partition coefficient (Wildman–Crippen LogP) is 10.8. The van der Waals surface area contributed by atoms with Crippen molar-refractivity contribution in [3.05, 3.63) is 198 Å². The summed E-state index contributed by atoms with van der Waals surface area (Å²) in [6.07, 6.45) is 6.78. The first-order valence-corrected chi connectivity index (χ1v) is 16.5.